The maximum absolute atomic E-state index is 13.4. The monoisotopic (exact) mass is 307 g/mol. The molecular formula is C15H11F2NO2S. The number of nitrogens with one attached hydrogen (secondary N) is 1. The van der Waals surface area contributed by atoms with E-state index in [1.54, 1.807) is 6.07 Å². The highest BCUT2D eigenvalue weighted by atomic mass is 32.2. The molecule has 0 aliphatic rings. The van der Waals surface area contributed by atoms with Gasteiger partial charge in [-0.1, -0.05) is 36.1 Å². The molecule has 3 nitrogen and oxygen atoms in total. The van der Waals surface area contributed by atoms with Crippen LogP contribution < -0.4 is 4.72 Å². The molecule has 6 heteroatoms. The molecule has 0 heterocycles. The summed E-state index contributed by atoms with van der Waals surface area (Å²) in [6.45, 7) is -0.245. The molecule has 0 atom stereocenters. The second-order valence-electron chi connectivity index (χ2n) is 4.04. The van der Waals surface area contributed by atoms with Crippen molar-refractivity contribution in [3.63, 3.8) is 0 Å². The summed E-state index contributed by atoms with van der Waals surface area (Å²) in [5.74, 6) is 3.67. The Bertz CT molecular complexity index is 808. The van der Waals surface area contributed by atoms with E-state index in [4.69, 9.17) is 0 Å². The Balaban J connectivity index is 2.08. The lowest BCUT2D eigenvalue weighted by molar-refractivity contribution is 0.560. The summed E-state index contributed by atoms with van der Waals surface area (Å²) >= 11 is 0. The van der Waals surface area contributed by atoms with Crippen molar-refractivity contribution in [2.45, 2.75) is 4.90 Å². The third-order valence-electron chi connectivity index (χ3n) is 2.57. The van der Waals surface area contributed by atoms with Crippen molar-refractivity contribution in [1.29, 1.82) is 0 Å². The molecule has 1 N–H and O–H groups in total. The average molecular weight is 307 g/mol. The molecule has 0 aliphatic carbocycles. The molecule has 2 rings (SSSR count). The zero-order valence-corrected chi connectivity index (χ0v) is 11.6. The minimum atomic E-state index is -3.98. The summed E-state index contributed by atoms with van der Waals surface area (Å²) < 4.78 is 52.5. The molecule has 0 fully saturated rings. The van der Waals surface area contributed by atoms with E-state index < -0.39 is 26.6 Å². The van der Waals surface area contributed by atoms with Gasteiger partial charge in [0.1, 0.15) is 16.5 Å². The van der Waals surface area contributed by atoms with Gasteiger partial charge in [0, 0.05) is 0 Å². The maximum Gasteiger partial charge on any atom is 0.244 e. The van der Waals surface area contributed by atoms with Crippen LogP contribution in [0.25, 0.3) is 0 Å². The van der Waals surface area contributed by atoms with Gasteiger partial charge in [-0.25, -0.2) is 17.2 Å². The number of hydrogen-bond donors (Lipinski definition) is 1. The van der Waals surface area contributed by atoms with Crippen LogP contribution in [0.15, 0.2) is 53.4 Å². The van der Waals surface area contributed by atoms with E-state index in [0.29, 0.717) is 0 Å². The van der Waals surface area contributed by atoms with E-state index in [2.05, 4.69) is 16.6 Å². The van der Waals surface area contributed by atoms with Crippen LogP contribution in [0, 0.1) is 23.5 Å². The van der Waals surface area contributed by atoms with Gasteiger partial charge < -0.3 is 0 Å². The van der Waals surface area contributed by atoms with Gasteiger partial charge in [-0.15, -0.1) is 0 Å². The Hall–Kier alpha value is -2.23. The van der Waals surface area contributed by atoms with Gasteiger partial charge in [-0.3, -0.25) is 0 Å². The quantitative estimate of drug-likeness (QED) is 0.885. The first-order chi connectivity index (χ1) is 10.0. The number of benzene rings is 2. The van der Waals surface area contributed by atoms with Gasteiger partial charge in [0.25, 0.3) is 0 Å². The van der Waals surface area contributed by atoms with Crippen LogP contribution in [0.5, 0.6) is 0 Å². The van der Waals surface area contributed by atoms with E-state index in [-0.39, 0.29) is 12.1 Å². The molecule has 0 amide bonds. The van der Waals surface area contributed by atoms with E-state index >= 15 is 0 Å². The van der Waals surface area contributed by atoms with Crippen molar-refractivity contribution >= 4 is 10.0 Å². The predicted octanol–water partition coefficient (Wildman–Crippen LogP) is 2.29. The highest BCUT2D eigenvalue weighted by Gasteiger charge is 2.16. The molecule has 0 saturated heterocycles. The van der Waals surface area contributed by atoms with Gasteiger partial charge in [-0.05, 0) is 24.3 Å². The lowest BCUT2D eigenvalue weighted by atomic mass is 10.2. The van der Waals surface area contributed by atoms with Gasteiger partial charge in [-0.2, -0.15) is 4.72 Å². The SMILES string of the molecule is O=S(=O)(NCC#Cc1ccccc1F)c1ccccc1F. The molecule has 0 aromatic heterocycles. The third-order valence-corrected chi connectivity index (χ3v) is 4.01. The fraction of sp³-hybridized carbons (Fsp3) is 0.0667. The largest absolute Gasteiger partial charge is 0.244 e. The first-order valence-electron chi connectivity index (χ1n) is 5.98. The second kappa shape index (κ2) is 6.48. The fourth-order valence-electron chi connectivity index (χ4n) is 1.57. The van der Waals surface area contributed by atoms with Crippen molar-refractivity contribution in [3.05, 3.63) is 65.7 Å². The van der Waals surface area contributed by atoms with E-state index in [0.717, 1.165) is 12.1 Å². The minimum Gasteiger partial charge on any atom is -0.207 e. The van der Waals surface area contributed by atoms with Gasteiger partial charge in [0.15, 0.2) is 0 Å². The molecule has 2 aromatic rings. The number of sulfonamides is 1. The van der Waals surface area contributed by atoms with Crippen LogP contribution >= 0.6 is 0 Å². The lowest BCUT2D eigenvalue weighted by Gasteiger charge is -2.04. The third kappa shape index (κ3) is 3.88. The van der Waals surface area contributed by atoms with E-state index in [1.165, 1.54) is 30.3 Å². The lowest BCUT2D eigenvalue weighted by Crippen LogP contribution is -2.24. The number of hydrogen-bond acceptors (Lipinski definition) is 2. The zero-order valence-electron chi connectivity index (χ0n) is 10.8. The topological polar surface area (TPSA) is 46.2 Å². The summed E-state index contributed by atoms with van der Waals surface area (Å²) in [6.07, 6.45) is 0. The maximum atomic E-state index is 13.4. The van der Waals surface area contributed by atoms with Gasteiger partial charge in [0.2, 0.25) is 10.0 Å². The Morgan fingerprint density at radius 1 is 0.952 bits per heavy atom. The standard InChI is InChI=1S/C15H11F2NO2S/c16-13-8-2-1-6-12(13)7-5-11-18-21(19,20)15-10-4-3-9-14(15)17/h1-4,6,8-10,18H,11H2. The van der Waals surface area contributed by atoms with Crippen molar-refractivity contribution in [2.75, 3.05) is 6.54 Å². The van der Waals surface area contributed by atoms with Crippen molar-refractivity contribution in [3.8, 4) is 11.8 Å². The summed E-state index contributed by atoms with van der Waals surface area (Å²) in [7, 11) is -3.98. The molecular weight excluding hydrogens is 296 g/mol. The van der Waals surface area contributed by atoms with Crippen LogP contribution in [0.1, 0.15) is 5.56 Å². The Labute approximate surface area is 121 Å². The molecule has 21 heavy (non-hydrogen) atoms. The highest BCUT2D eigenvalue weighted by Crippen LogP contribution is 2.12. The Kier molecular flexibility index (Phi) is 4.68. The molecule has 0 bridgehead atoms. The molecule has 0 radical (unpaired) electrons. The zero-order chi connectivity index (χ0) is 15.3. The summed E-state index contributed by atoms with van der Waals surface area (Å²) in [4.78, 5) is -0.447. The average Bonchev–Trinajstić information content (AvgIpc) is 2.45. The first kappa shape index (κ1) is 15.2. The molecule has 0 saturated carbocycles. The van der Waals surface area contributed by atoms with Crippen molar-refractivity contribution < 1.29 is 17.2 Å². The Morgan fingerprint density at radius 2 is 1.57 bits per heavy atom. The summed E-state index contributed by atoms with van der Waals surface area (Å²) in [5, 5.41) is 0. The van der Waals surface area contributed by atoms with Crippen LogP contribution in [0.4, 0.5) is 8.78 Å². The molecule has 0 aliphatic heterocycles. The van der Waals surface area contributed by atoms with Gasteiger partial charge in [0.05, 0.1) is 12.1 Å². The second-order valence-corrected chi connectivity index (χ2v) is 5.77. The van der Waals surface area contributed by atoms with Crippen molar-refractivity contribution in [1.82, 2.24) is 4.72 Å². The molecule has 0 unspecified atom stereocenters. The van der Waals surface area contributed by atoms with Crippen molar-refractivity contribution in [2.24, 2.45) is 0 Å². The smallest absolute Gasteiger partial charge is 0.207 e. The molecule has 108 valence electrons. The van der Waals surface area contributed by atoms with E-state index in [1.807, 2.05) is 0 Å². The number of halogens is 2. The molecule has 2 aromatic carbocycles. The first-order valence-corrected chi connectivity index (χ1v) is 7.46. The highest BCUT2D eigenvalue weighted by molar-refractivity contribution is 7.89. The summed E-state index contributed by atoms with van der Waals surface area (Å²) in [5.41, 5.74) is 0.169. The van der Waals surface area contributed by atoms with Crippen LogP contribution in [0.3, 0.4) is 0 Å². The van der Waals surface area contributed by atoms with Gasteiger partial charge >= 0.3 is 0 Å². The van der Waals surface area contributed by atoms with Crippen LogP contribution in [-0.2, 0) is 10.0 Å². The predicted molar refractivity (Wildman–Crippen MR) is 74.9 cm³/mol. The van der Waals surface area contributed by atoms with E-state index in [9.17, 15) is 17.2 Å². The fourth-order valence-corrected chi connectivity index (χ4v) is 2.57. The minimum absolute atomic E-state index is 0.169. The number of rotatable bonds is 3. The Morgan fingerprint density at radius 3 is 2.24 bits per heavy atom. The summed E-state index contributed by atoms with van der Waals surface area (Å²) in [6, 6.07) is 10.9. The van der Waals surface area contributed by atoms with Crippen LogP contribution in [0.2, 0.25) is 0 Å². The normalized spacial score (nSPS) is 10.8. The molecule has 0 spiro atoms. The van der Waals surface area contributed by atoms with Crippen LogP contribution in [-0.4, -0.2) is 15.0 Å².